The molecular weight excluding hydrogens is 432 g/mol. The van der Waals surface area contributed by atoms with Crippen LogP contribution >= 0.6 is 11.3 Å². The van der Waals surface area contributed by atoms with Crippen molar-refractivity contribution in [3.8, 4) is 33.3 Å². The van der Waals surface area contributed by atoms with E-state index in [9.17, 15) is 4.79 Å². The second-order valence-corrected chi connectivity index (χ2v) is 8.51. The second-order valence-electron chi connectivity index (χ2n) is 7.30. The van der Waals surface area contributed by atoms with Crippen molar-refractivity contribution < 1.29 is 14.3 Å². The average Bonchev–Trinajstić information content (AvgIpc) is 3.25. The summed E-state index contributed by atoms with van der Waals surface area (Å²) in [5.41, 5.74) is 4.65. The maximum atomic E-state index is 12.4. The molecule has 0 aliphatic carbocycles. The van der Waals surface area contributed by atoms with Gasteiger partial charge in [0, 0.05) is 27.8 Å². The molecule has 1 heterocycles. The van der Waals surface area contributed by atoms with Crippen LogP contribution in [-0.2, 0) is 4.79 Å². The van der Waals surface area contributed by atoms with Crippen molar-refractivity contribution in [2.24, 2.45) is 0 Å². The van der Waals surface area contributed by atoms with Crippen LogP contribution in [0.2, 0.25) is 0 Å². The highest BCUT2D eigenvalue weighted by Crippen LogP contribution is 2.33. The van der Waals surface area contributed by atoms with Gasteiger partial charge in [-0.3, -0.25) is 4.79 Å². The van der Waals surface area contributed by atoms with Crippen LogP contribution in [0.15, 0.2) is 78.9 Å². The maximum absolute atomic E-state index is 12.4. The first-order valence-corrected chi connectivity index (χ1v) is 11.2. The summed E-state index contributed by atoms with van der Waals surface area (Å²) in [7, 11) is 3.17. The van der Waals surface area contributed by atoms with E-state index in [1.54, 1.807) is 37.7 Å². The van der Waals surface area contributed by atoms with Crippen LogP contribution in [0.25, 0.3) is 27.9 Å². The molecule has 1 N–H and O–H groups in total. The standard InChI is InChI=1S/C27H24N2O3S/c1-18-26(29-27(33-18)21-7-5-4-6-8-21)20-11-13-22(14-12-20)28-25(30)16-10-19-9-15-23(31-2)24(17-19)32-3/h4-17H,1-3H3,(H,28,30)/b16-10+. The van der Waals surface area contributed by atoms with Gasteiger partial charge in [0.1, 0.15) is 5.01 Å². The Kier molecular flexibility index (Phi) is 6.86. The van der Waals surface area contributed by atoms with Gasteiger partial charge < -0.3 is 14.8 Å². The van der Waals surface area contributed by atoms with E-state index in [1.165, 1.54) is 6.08 Å². The molecule has 0 unspecified atom stereocenters. The van der Waals surface area contributed by atoms with Crippen molar-refractivity contribution in [2.45, 2.75) is 6.92 Å². The molecule has 0 saturated heterocycles. The van der Waals surface area contributed by atoms with Gasteiger partial charge in [-0.25, -0.2) is 4.98 Å². The summed E-state index contributed by atoms with van der Waals surface area (Å²) < 4.78 is 10.5. The van der Waals surface area contributed by atoms with Gasteiger partial charge in [0.05, 0.1) is 19.9 Å². The molecule has 1 amide bonds. The van der Waals surface area contributed by atoms with Crippen molar-refractivity contribution in [1.29, 1.82) is 0 Å². The smallest absolute Gasteiger partial charge is 0.248 e. The molecule has 0 saturated carbocycles. The zero-order chi connectivity index (χ0) is 23.2. The minimum atomic E-state index is -0.214. The van der Waals surface area contributed by atoms with Crippen molar-refractivity contribution in [1.82, 2.24) is 4.98 Å². The minimum absolute atomic E-state index is 0.214. The molecule has 6 heteroatoms. The zero-order valence-corrected chi connectivity index (χ0v) is 19.5. The van der Waals surface area contributed by atoms with E-state index in [2.05, 4.69) is 24.4 Å². The molecule has 0 atom stereocenters. The van der Waals surface area contributed by atoms with E-state index in [-0.39, 0.29) is 5.91 Å². The average molecular weight is 457 g/mol. The summed E-state index contributed by atoms with van der Waals surface area (Å²) in [5.74, 6) is 1.04. The molecular formula is C27H24N2O3S. The van der Waals surface area contributed by atoms with Gasteiger partial charge in [-0.05, 0) is 42.8 Å². The Labute approximate surface area is 197 Å². The van der Waals surface area contributed by atoms with Crippen LogP contribution < -0.4 is 14.8 Å². The number of aromatic nitrogens is 1. The Balaban J connectivity index is 1.43. The van der Waals surface area contributed by atoms with Gasteiger partial charge in [-0.15, -0.1) is 11.3 Å². The van der Waals surface area contributed by atoms with E-state index in [4.69, 9.17) is 14.5 Å². The Bertz CT molecular complexity index is 1280. The molecule has 33 heavy (non-hydrogen) atoms. The molecule has 5 nitrogen and oxygen atoms in total. The number of amides is 1. The van der Waals surface area contributed by atoms with Crippen molar-refractivity contribution in [2.75, 3.05) is 19.5 Å². The van der Waals surface area contributed by atoms with Gasteiger partial charge in [0.2, 0.25) is 5.91 Å². The fourth-order valence-electron chi connectivity index (χ4n) is 3.39. The van der Waals surface area contributed by atoms with E-state index in [0.29, 0.717) is 11.5 Å². The summed E-state index contributed by atoms with van der Waals surface area (Å²) in [4.78, 5) is 18.4. The van der Waals surface area contributed by atoms with E-state index < -0.39 is 0 Å². The second kappa shape index (κ2) is 10.1. The Morgan fingerprint density at radius 3 is 2.33 bits per heavy atom. The first-order valence-electron chi connectivity index (χ1n) is 10.4. The highest BCUT2D eigenvalue weighted by Gasteiger charge is 2.11. The number of benzene rings is 3. The number of aryl methyl sites for hydroxylation is 1. The molecule has 166 valence electrons. The molecule has 1 aromatic heterocycles. The van der Waals surface area contributed by atoms with E-state index in [0.717, 1.165) is 38.0 Å². The molecule has 0 spiro atoms. The molecule has 0 bridgehead atoms. The lowest BCUT2D eigenvalue weighted by Crippen LogP contribution is -2.07. The minimum Gasteiger partial charge on any atom is -0.493 e. The summed E-state index contributed by atoms with van der Waals surface area (Å²) in [6, 6.07) is 23.4. The molecule has 0 aliphatic rings. The SMILES string of the molecule is COc1ccc(/C=C/C(=O)Nc2ccc(-c3nc(-c4ccccc4)sc3C)cc2)cc1OC. The highest BCUT2D eigenvalue weighted by atomic mass is 32.1. The van der Waals surface area contributed by atoms with Crippen molar-refractivity contribution in [3.05, 3.63) is 89.3 Å². The van der Waals surface area contributed by atoms with E-state index >= 15 is 0 Å². The third-order valence-electron chi connectivity index (χ3n) is 5.08. The monoisotopic (exact) mass is 456 g/mol. The number of nitrogens with zero attached hydrogens (tertiary/aromatic N) is 1. The molecule has 0 fully saturated rings. The third kappa shape index (κ3) is 5.30. The maximum Gasteiger partial charge on any atom is 0.248 e. The topological polar surface area (TPSA) is 60.5 Å². The lowest BCUT2D eigenvalue weighted by Gasteiger charge is -2.07. The number of ether oxygens (including phenoxy) is 2. The summed E-state index contributed by atoms with van der Waals surface area (Å²) in [5, 5.41) is 3.89. The number of nitrogens with one attached hydrogen (secondary N) is 1. The highest BCUT2D eigenvalue weighted by molar-refractivity contribution is 7.15. The first-order chi connectivity index (χ1) is 16.1. The number of rotatable bonds is 7. The number of anilines is 1. The van der Waals surface area contributed by atoms with Gasteiger partial charge in [0.15, 0.2) is 11.5 Å². The van der Waals surface area contributed by atoms with Gasteiger partial charge in [-0.2, -0.15) is 0 Å². The largest absolute Gasteiger partial charge is 0.493 e. The predicted molar refractivity (Wildman–Crippen MR) is 135 cm³/mol. The number of carbonyl (C=O) groups excluding carboxylic acids is 1. The number of hydrogen-bond donors (Lipinski definition) is 1. The lowest BCUT2D eigenvalue weighted by atomic mass is 10.1. The van der Waals surface area contributed by atoms with Crippen LogP contribution in [-0.4, -0.2) is 25.1 Å². The van der Waals surface area contributed by atoms with Crippen LogP contribution in [0.1, 0.15) is 10.4 Å². The Morgan fingerprint density at radius 1 is 0.909 bits per heavy atom. The van der Waals surface area contributed by atoms with Crippen LogP contribution in [0, 0.1) is 6.92 Å². The van der Waals surface area contributed by atoms with E-state index in [1.807, 2.05) is 54.6 Å². The van der Waals surface area contributed by atoms with Crippen LogP contribution in [0.3, 0.4) is 0 Å². The number of methoxy groups -OCH3 is 2. The van der Waals surface area contributed by atoms with Crippen LogP contribution in [0.5, 0.6) is 11.5 Å². The zero-order valence-electron chi connectivity index (χ0n) is 18.7. The number of thiazole rings is 1. The summed E-state index contributed by atoms with van der Waals surface area (Å²) in [6.07, 6.45) is 3.22. The third-order valence-corrected chi connectivity index (χ3v) is 6.10. The molecule has 4 rings (SSSR count). The lowest BCUT2D eigenvalue weighted by molar-refractivity contribution is -0.111. The predicted octanol–water partition coefficient (Wildman–Crippen LogP) is 6.45. The first kappa shape index (κ1) is 22.3. The molecule has 3 aromatic carbocycles. The molecule has 0 aliphatic heterocycles. The summed E-state index contributed by atoms with van der Waals surface area (Å²) >= 11 is 1.68. The van der Waals surface area contributed by atoms with Gasteiger partial charge in [-0.1, -0.05) is 48.5 Å². The Hall–Kier alpha value is -3.90. The quantitative estimate of drug-likeness (QED) is 0.325. The number of hydrogen-bond acceptors (Lipinski definition) is 5. The van der Waals surface area contributed by atoms with Gasteiger partial charge in [0.25, 0.3) is 0 Å². The fraction of sp³-hybridized carbons (Fsp3) is 0.111. The van der Waals surface area contributed by atoms with Crippen molar-refractivity contribution in [3.63, 3.8) is 0 Å². The normalized spacial score (nSPS) is 10.9. The van der Waals surface area contributed by atoms with Crippen LogP contribution in [0.4, 0.5) is 5.69 Å². The molecule has 0 radical (unpaired) electrons. The Morgan fingerprint density at radius 2 is 1.64 bits per heavy atom. The fourth-order valence-corrected chi connectivity index (χ4v) is 4.33. The number of carbonyl (C=O) groups is 1. The van der Waals surface area contributed by atoms with Gasteiger partial charge >= 0.3 is 0 Å². The van der Waals surface area contributed by atoms with Crippen molar-refractivity contribution >= 4 is 29.0 Å². The summed E-state index contributed by atoms with van der Waals surface area (Å²) in [6.45, 7) is 2.08. The molecule has 4 aromatic rings.